The van der Waals surface area contributed by atoms with Crippen molar-refractivity contribution in [1.29, 1.82) is 0 Å². The molecule has 0 amide bonds. The molecule has 1 aromatic heterocycles. The van der Waals surface area contributed by atoms with Crippen LogP contribution in [-0.2, 0) is 22.6 Å². The van der Waals surface area contributed by atoms with E-state index < -0.39 is 0 Å². The Morgan fingerprint density at radius 1 is 1.10 bits per heavy atom. The van der Waals surface area contributed by atoms with E-state index in [0.29, 0.717) is 33.0 Å². The minimum Gasteiger partial charge on any atom is -0.493 e. The number of ether oxygens (including phenoxy) is 3. The molecule has 2 N–H and O–H groups in total. The first-order valence-electron chi connectivity index (χ1n) is 9.99. The van der Waals surface area contributed by atoms with Crippen LogP contribution in [-0.4, -0.2) is 46.5 Å². The number of benzene rings is 1. The molecule has 8 heteroatoms. The lowest BCUT2D eigenvalue weighted by molar-refractivity contribution is 0.105. The smallest absolute Gasteiger partial charge is 0.191 e. The molecule has 30 heavy (non-hydrogen) atoms. The molecule has 0 saturated carbocycles. The molecule has 7 nitrogen and oxygen atoms in total. The quantitative estimate of drug-likeness (QED) is 0.177. The van der Waals surface area contributed by atoms with Crippen LogP contribution in [0.25, 0.3) is 0 Å². The van der Waals surface area contributed by atoms with E-state index >= 15 is 0 Å². The van der Waals surface area contributed by atoms with Crippen molar-refractivity contribution < 1.29 is 18.6 Å². The van der Waals surface area contributed by atoms with Crippen LogP contribution in [0.2, 0.25) is 0 Å². The first kappa shape index (κ1) is 26.3. The zero-order valence-corrected chi connectivity index (χ0v) is 20.4. The summed E-state index contributed by atoms with van der Waals surface area (Å²) in [4.78, 5) is 4.28. The summed E-state index contributed by atoms with van der Waals surface area (Å²) in [6.45, 7) is 5.95. The fraction of sp³-hybridized carbons (Fsp3) is 0.500. The van der Waals surface area contributed by atoms with Crippen LogP contribution in [0.15, 0.2) is 46.0 Å². The number of guanidine groups is 1. The molecule has 0 radical (unpaired) electrons. The van der Waals surface area contributed by atoms with Crippen molar-refractivity contribution in [3.05, 3.63) is 53.5 Å². The minimum atomic E-state index is 0. The summed E-state index contributed by atoms with van der Waals surface area (Å²) in [6, 6.07) is 10.0. The molecule has 2 rings (SSSR count). The zero-order chi connectivity index (χ0) is 20.7. The van der Waals surface area contributed by atoms with E-state index in [2.05, 4.69) is 40.7 Å². The van der Waals surface area contributed by atoms with Gasteiger partial charge >= 0.3 is 0 Å². The lowest BCUT2D eigenvalue weighted by Gasteiger charge is -2.15. The first-order chi connectivity index (χ1) is 14.2. The van der Waals surface area contributed by atoms with E-state index in [1.54, 1.807) is 20.4 Å². The summed E-state index contributed by atoms with van der Waals surface area (Å²) in [6.07, 6.45) is 3.39. The number of nitrogens with one attached hydrogen (secondary N) is 2. The number of aryl methyl sites for hydroxylation is 1. The second-order valence-electron chi connectivity index (χ2n) is 6.64. The van der Waals surface area contributed by atoms with Crippen molar-refractivity contribution in [3.63, 3.8) is 0 Å². The number of furan rings is 1. The van der Waals surface area contributed by atoms with Gasteiger partial charge in [-0.3, -0.25) is 4.99 Å². The molecular formula is C22H34IN3O4. The second-order valence-corrected chi connectivity index (χ2v) is 6.64. The topological polar surface area (TPSA) is 77.3 Å². The van der Waals surface area contributed by atoms with E-state index in [9.17, 15) is 0 Å². The number of halogens is 1. The molecule has 1 heterocycles. The molecule has 0 unspecified atom stereocenters. The molecule has 0 aliphatic heterocycles. The average molecular weight is 531 g/mol. The fourth-order valence-electron chi connectivity index (χ4n) is 2.68. The van der Waals surface area contributed by atoms with E-state index in [4.69, 9.17) is 18.6 Å². The number of hydrogen-bond acceptors (Lipinski definition) is 5. The van der Waals surface area contributed by atoms with Gasteiger partial charge in [0.05, 0.1) is 12.9 Å². The van der Waals surface area contributed by atoms with Crippen molar-refractivity contribution in [2.75, 3.05) is 40.5 Å². The Balaban J connectivity index is 0.00000450. The monoisotopic (exact) mass is 531 g/mol. The summed E-state index contributed by atoms with van der Waals surface area (Å²) in [5.41, 5.74) is 2.27. The fourth-order valence-corrected chi connectivity index (χ4v) is 2.68. The van der Waals surface area contributed by atoms with Crippen LogP contribution in [0.1, 0.15) is 29.7 Å². The zero-order valence-electron chi connectivity index (χ0n) is 18.1. The molecule has 168 valence electrons. The Morgan fingerprint density at radius 3 is 2.70 bits per heavy atom. The summed E-state index contributed by atoms with van der Waals surface area (Å²) in [5, 5.41) is 6.64. The molecular weight excluding hydrogens is 497 g/mol. The minimum absolute atomic E-state index is 0. The number of methoxy groups -OCH3 is 1. The van der Waals surface area contributed by atoms with Gasteiger partial charge in [0.15, 0.2) is 5.96 Å². The SMILES string of the molecule is CN=C(NCCCOCc1ccco1)NCc1ccc(C)cc1OCCCOC.I. The Hall–Kier alpha value is -1.78. The van der Waals surface area contributed by atoms with Gasteiger partial charge in [0, 0.05) is 52.4 Å². The van der Waals surface area contributed by atoms with E-state index in [1.165, 1.54) is 5.56 Å². The molecule has 0 fully saturated rings. The Kier molecular flexibility index (Phi) is 14.0. The van der Waals surface area contributed by atoms with E-state index in [0.717, 1.165) is 42.4 Å². The average Bonchev–Trinajstić information content (AvgIpc) is 3.24. The Labute approximate surface area is 196 Å². The third kappa shape index (κ3) is 10.3. The molecule has 0 aliphatic rings. The summed E-state index contributed by atoms with van der Waals surface area (Å²) < 4.78 is 21.8. The van der Waals surface area contributed by atoms with Gasteiger partial charge in [-0.2, -0.15) is 0 Å². The van der Waals surface area contributed by atoms with Gasteiger partial charge in [-0.05, 0) is 37.1 Å². The van der Waals surface area contributed by atoms with Gasteiger partial charge in [-0.25, -0.2) is 0 Å². The maximum absolute atomic E-state index is 5.94. The van der Waals surface area contributed by atoms with Crippen LogP contribution in [0.5, 0.6) is 5.75 Å². The van der Waals surface area contributed by atoms with Crippen molar-refractivity contribution >= 4 is 29.9 Å². The lowest BCUT2D eigenvalue weighted by atomic mass is 10.1. The number of aliphatic imine (C=N–C) groups is 1. The van der Waals surface area contributed by atoms with Gasteiger partial charge in [-0.1, -0.05) is 12.1 Å². The van der Waals surface area contributed by atoms with Gasteiger partial charge in [0.2, 0.25) is 0 Å². The van der Waals surface area contributed by atoms with Crippen LogP contribution < -0.4 is 15.4 Å². The highest BCUT2D eigenvalue weighted by Gasteiger charge is 2.06. The van der Waals surface area contributed by atoms with Crippen LogP contribution in [0.3, 0.4) is 0 Å². The van der Waals surface area contributed by atoms with Crippen LogP contribution >= 0.6 is 24.0 Å². The summed E-state index contributed by atoms with van der Waals surface area (Å²) >= 11 is 0. The predicted molar refractivity (Wildman–Crippen MR) is 130 cm³/mol. The highest BCUT2D eigenvalue weighted by molar-refractivity contribution is 14.0. The Bertz CT molecular complexity index is 723. The highest BCUT2D eigenvalue weighted by atomic mass is 127. The van der Waals surface area contributed by atoms with Crippen LogP contribution in [0.4, 0.5) is 0 Å². The molecule has 1 aromatic carbocycles. The summed E-state index contributed by atoms with van der Waals surface area (Å²) in [7, 11) is 3.46. The van der Waals surface area contributed by atoms with Crippen molar-refractivity contribution in [3.8, 4) is 5.75 Å². The summed E-state index contributed by atoms with van der Waals surface area (Å²) in [5.74, 6) is 2.49. The van der Waals surface area contributed by atoms with Crippen molar-refractivity contribution in [2.45, 2.75) is 32.9 Å². The standard InChI is InChI=1S/C22H33N3O4.HI/c1-18-8-9-19(21(15-18)29-14-6-11-26-3)16-25-22(23-2)24-10-5-12-27-17-20-7-4-13-28-20;/h4,7-9,13,15H,5-6,10-12,14,16-17H2,1-3H3,(H2,23,24,25);1H. The van der Waals surface area contributed by atoms with Crippen molar-refractivity contribution in [1.82, 2.24) is 10.6 Å². The third-order valence-electron chi connectivity index (χ3n) is 4.23. The van der Waals surface area contributed by atoms with Crippen molar-refractivity contribution in [2.24, 2.45) is 4.99 Å². The largest absolute Gasteiger partial charge is 0.493 e. The van der Waals surface area contributed by atoms with Crippen LogP contribution in [0, 0.1) is 6.92 Å². The highest BCUT2D eigenvalue weighted by Crippen LogP contribution is 2.20. The second kappa shape index (κ2) is 16.0. The van der Waals surface area contributed by atoms with E-state index in [1.807, 2.05) is 12.1 Å². The molecule has 0 saturated heterocycles. The Morgan fingerprint density at radius 2 is 1.97 bits per heavy atom. The van der Waals surface area contributed by atoms with Gasteiger partial charge < -0.3 is 29.3 Å². The van der Waals surface area contributed by atoms with Gasteiger partial charge in [-0.15, -0.1) is 24.0 Å². The third-order valence-corrected chi connectivity index (χ3v) is 4.23. The number of nitrogens with zero attached hydrogens (tertiary/aromatic N) is 1. The molecule has 0 spiro atoms. The maximum Gasteiger partial charge on any atom is 0.191 e. The molecule has 0 atom stereocenters. The first-order valence-corrected chi connectivity index (χ1v) is 9.99. The van der Waals surface area contributed by atoms with Gasteiger partial charge in [0.25, 0.3) is 0 Å². The maximum atomic E-state index is 5.94. The lowest BCUT2D eigenvalue weighted by Crippen LogP contribution is -2.37. The van der Waals surface area contributed by atoms with E-state index in [-0.39, 0.29) is 24.0 Å². The molecule has 2 aromatic rings. The number of hydrogen-bond donors (Lipinski definition) is 2. The number of rotatable bonds is 13. The molecule has 0 bridgehead atoms. The predicted octanol–water partition coefficient (Wildman–Crippen LogP) is 3.89. The normalized spacial score (nSPS) is 11.1. The molecule has 0 aliphatic carbocycles. The van der Waals surface area contributed by atoms with Gasteiger partial charge in [0.1, 0.15) is 18.1 Å².